The number of imidazole rings is 1. The molecule has 1 aliphatic carbocycles. The van der Waals surface area contributed by atoms with E-state index in [1.54, 1.807) is 0 Å². The number of rotatable bonds is 3. The van der Waals surface area contributed by atoms with Crippen molar-refractivity contribution in [3.63, 3.8) is 0 Å². The maximum Gasteiger partial charge on any atom is 0.357 e. The molecule has 0 bridgehead atoms. The van der Waals surface area contributed by atoms with Gasteiger partial charge in [-0.3, -0.25) is 0 Å². The van der Waals surface area contributed by atoms with Crippen molar-refractivity contribution in [2.75, 3.05) is 0 Å². The average Bonchev–Trinajstić information content (AvgIpc) is 2.75. The summed E-state index contributed by atoms with van der Waals surface area (Å²) < 4.78 is 7.52. The minimum Gasteiger partial charge on any atom is -0.455 e. The number of hydrogen-bond acceptors (Lipinski definition) is 3. The Hall–Kier alpha value is -1.32. The number of esters is 1. The lowest BCUT2D eigenvalue weighted by atomic mass is 9.86. The SMILES string of the molecule is CCc1nc(C2CCCCC2)c(C(=O)OC(C)(C)C)n1C. The first-order chi connectivity index (χ1) is 9.83. The molecule has 1 aliphatic rings. The molecule has 0 aromatic carbocycles. The van der Waals surface area contributed by atoms with Crippen LogP contribution in [0.1, 0.15) is 87.7 Å². The normalized spacial score (nSPS) is 17.0. The van der Waals surface area contributed by atoms with Crippen molar-refractivity contribution >= 4 is 5.97 Å². The molecular weight excluding hydrogens is 264 g/mol. The molecule has 1 fully saturated rings. The molecule has 0 atom stereocenters. The third-order valence-corrected chi connectivity index (χ3v) is 4.12. The van der Waals surface area contributed by atoms with E-state index in [-0.39, 0.29) is 5.97 Å². The zero-order valence-corrected chi connectivity index (χ0v) is 14.0. The number of carbonyl (C=O) groups is 1. The van der Waals surface area contributed by atoms with E-state index in [9.17, 15) is 4.79 Å². The van der Waals surface area contributed by atoms with Gasteiger partial charge in [-0.2, -0.15) is 0 Å². The van der Waals surface area contributed by atoms with Crippen molar-refractivity contribution in [1.29, 1.82) is 0 Å². The number of hydrogen-bond donors (Lipinski definition) is 0. The van der Waals surface area contributed by atoms with Crippen molar-refractivity contribution < 1.29 is 9.53 Å². The molecular formula is C17H28N2O2. The van der Waals surface area contributed by atoms with Crippen molar-refractivity contribution in [3.8, 4) is 0 Å². The molecule has 0 aliphatic heterocycles. The fourth-order valence-electron chi connectivity index (χ4n) is 3.11. The van der Waals surface area contributed by atoms with Gasteiger partial charge in [-0.25, -0.2) is 9.78 Å². The lowest BCUT2D eigenvalue weighted by molar-refractivity contribution is 0.00564. The van der Waals surface area contributed by atoms with Crippen molar-refractivity contribution in [1.82, 2.24) is 9.55 Å². The number of aromatic nitrogens is 2. The Morgan fingerprint density at radius 1 is 1.29 bits per heavy atom. The van der Waals surface area contributed by atoms with Crippen LogP contribution < -0.4 is 0 Å². The van der Waals surface area contributed by atoms with E-state index in [1.165, 1.54) is 19.3 Å². The first-order valence-electron chi connectivity index (χ1n) is 8.12. The summed E-state index contributed by atoms with van der Waals surface area (Å²) in [6.07, 6.45) is 6.86. The molecule has 21 heavy (non-hydrogen) atoms. The topological polar surface area (TPSA) is 44.1 Å². The molecule has 0 amide bonds. The van der Waals surface area contributed by atoms with E-state index in [2.05, 4.69) is 6.92 Å². The second-order valence-corrected chi connectivity index (χ2v) is 7.01. The van der Waals surface area contributed by atoms with Crippen molar-refractivity contribution in [3.05, 3.63) is 17.2 Å². The molecule has 1 aromatic rings. The Morgan fingerprint density at radius 2 is 1.90 bits per heavy atom. The summed E-state index contributed by atoms with van der Waals surface area (Å²) in [4.78, 5) is 17.4. The number of aryl methyl sites for hydroxylation is 1. The van der Waals surface area contributed by atoms with Crippen LogP contribution in [0.3, 0.4) is 0 Å². The second kappa shape index (κ2) is 6.20. The van der Waals surface area contributed by atoms with Gasteiger partial charge >= 0.3 is 5.97 Å². The number of nitrogens with zero attached hydrogens (tertiary/aromatic N) is 2. The van der Waals surface area contributed by atoms with E-state index >= 15 is 0 Å². The van der Waals surface area contributed by atoms with Gasteiger partial charge in [0.2, 0.25) is 0 Å². The van der Waals surface area contributed by atoms with Crippen LogP contribution in [0.2, 0.25) is 0 Å². The third kappa shape index (κ3) is 3.66. The number of ether oxygens (including phenoxy) is 1. The Bertz CT molecular complexity index is 506. The minimum absolute atomic E-state index is 0.238. The largest absolute Gasteiger partial charge is 0.455 e. The van der Waals surface area contributed by atoms with E-state index < -0.39 is 5.60 Å². The van der Waals surface area contributed by atoms with Gasteiger partial charge in [0.05, 0.1) is 5.69 Å². The highest BCUT2D eigenvalue weighted by atomic mass is 16.6. The molecule has 2 rings (SSSR count). The predicted molar refractivity (Wildman–Crippen MR) is 83.6 cm³/mol. The van der Waals surface area contributed by atoms with E-state index in [4.69, 9.17) is 9.72 Å². The maximum absolute atomic E-state index is 12.6. The third-order valence-electron chi connectivity index (χ3n) is 4.12. The van der Waals surface area contributed by atoms with Crippen LogP contribution in [0.4, 0.5) is 0 Å². The van der Waals surface area contributed by atoms with Crippen LogP contribution in [-0.4, -0.2) is 21.1 Å². The standard InChI is InChI=1S/C17H28N2O2/c1-6-13-18-14(12-10-8-7-9-11-12)15(19(13)5)16(20)21-17(2,3)4/h12H,6-11H2,1-5H3. The van der Waals surface area contributed by atoms with Crippen molar-refractivity contribution in [2.45, 2.75) is 77.7 Å². The van der Waals surface area contributed by atoms with Gasteiger partial charge in [0, 0.05) is 19.4 Å². The Balaban J connectivity index is 2.37. The smallest absolute Gasteiger partial charge is 0.357 e. The van der Waals surface area contributed by atoms with Crippen LogP contribution in [0, 0.1) is 0 Å². The molecule has 4 nitrogen and oxygen atoms in total. The molecule has 1 saturated carbocycles. The lowest BCUT2D eigenvalue weighted by Gasteiger charge is -2.23. The summed E-state index contributed by atoms with van der Waals surface area (Å²) in [6, 6.07) is 0. The van der Waals surface area contributed by atoms with E-state index in [1.807, 2.05) is 32.4 Å². The van der Waals surface area contributed by atoms with Crippen molar-refractivity contribution in [2.24, 2.45) is 7.05 Å². The molecule has 1 aromatic heterocycles. The van der Waals surface area contributed by atoms with Gasteiger partial charge in [0.25, 0.3) is 0 Å². The summed E-state index contributed by atoms with van der Waals surface area (Å²) >= 11 is 0. The van der Waals surface area contributed by atoms with Gasteiger partial charge in [0.1, 0.15) is 11.4 Å². The lowest BCUT2D eigenvalue weighted by Crippen LogP contribution is -2.26. The molecule has 0 unspecified atom stereocenters. The molecule has 118 valence electrons. The predicted octanol–water partition coefficient (Wildman–Crippen LogP) is 3.99. The van der Waals surface area contributed by atoms with Gasteiger partial charge in [-0.05, 0) is 33.6 Å². The Labute approximate surface area is 127 Å². The van der Waals surface area contributed by atoms with Gasteiger partial charge in [-0.15, -0.1) is 0 Å². The van der Waals surface area contributed by atoms with Crippen LogP contribution >= 0.6 is 0 Å². The van der Waals surface area contributed by atoms with E-state index in [0.717, 1.165) is 30.8 Å². The highest BCUT2D eigenvalue weighted by Crippen LogP contribution is 2.34. The zero-order valence-electron chi connectivity index (χ0n) is 14.0. The Morgan fingerprint density at radius 3 is 2.43 bits per heavy atom. The van der Waals surface area contributed by atoms with Crippen LogP contribution in [0.5, 0.6) is 0 Å². The summed E-state index contributed by atoms with van der Waals surface area (Å²) in [5.41, 5.74) is 1.15. The monoisotopic (exact) mass is 292 g/mol. The highest BCUT2D eigenvalue weighted by Gasteiger charge is 2.30. The summed E-state index contributed by atoms with van der Waals surface area (Å²) in [6.45, 7) is 7.79. The number of carbonyl (C=O) groups excluding carboxylic acids is 1. The highest BCUT2D eigenvalue weighted by molar-refractivity contribution is 5.89. The van der Waals surface area contributed by atoms with Crippen LogP contribution in [0.15, 0.2) is 0 Å². The van der Waals surface area contributed by atoms with Crippen LogP contribution in [-0.2, 0) is 18.2 Å². The summed E-state index contributed by atoms with van der Waals surface area (Å²) in [5.74, 6) is 1.14. The molecule has 0 radical (unpaired) electrons. The zero-order chi connectivity index (χ0) is 15.6. The minimum atomic E-state index is -0.475. The first kappa shape index (κ1) is 16.1. The quantitative estimate of drug-likeness (QED) is 0.791. The molecule has 4 heteroatoms. The molecule has 0 spiro atoms. The fraction of sp³-hybridized carbons (Fsp3) is 0.765. The second-order valence-electron chi connectivity index (χ2n) is 7.01. The molecule has 0 saturated heterocycles. The molecule has 1 heterocycles. The van der Waals surface area contributed by atoms with Gasteiger partial charge < -0.3 is 9.30 Å². The first-order valence-corrected chi connectivity index (χ1v) is 8.12. The summed E-state index contributed by atoms with van der Waals surface area (Å²) in [5, 5.41) is 0. The fourth-order valence-corrected chi connectivity index (χ4v) is 3.11. The van der Waals surface area contributed by atoms with Crippen LogP contribution in [0.25, 0.3) is 0 Å². The molecule has 0 N–H and O–H groups in total. The summed E-state index contributed by atoms with van der Waals surface area (Å²) in [7, 11) is 1.93. The van der Waals surface area contributed by atoms with Gasteiger partial charge in [-0.1, -0.05) is 26.2 Å². The average molecular weight is 292 g/mol. The van der Waals surface area contributed by atoms with Gasteiger partial charge in [0.15, 0.2) is 5.69 Å². The maximum atomic E-state index is 12.6. The van der Waals surface area contributed by atoms with E-state index in [0.29, 0.717) is 11.6 Å². The Kier molecular flexibility index (Phi) is 4.74.